The van der Waals surface area contributed by atoms with E-state index in [1.54, 1.807) is 24.3 Å². The summed E-state index contributed by atoms with van der Waals surface area (Å²) >= 11 is 0. The summed E-state index contributed by atoms with van der Waals surface area (Å²) in [6.45, 7) is 1.76. The fourth-order valence-corrected chi connectivity index (χ4v) is 0.899. The second-order valence-corrected chi connectivity index (χ2v) is 2.76. The zero-order valence-corrected chi connectivity index (χ0v) is 7.87. The fraction of sp³-hybridized carbons (Fsp3) is 0.182. The fourth-order valence-electron chi connectivity index (χ4n) is 0.899. The Morgan fingerprint density at radius 3 is 3.00 bits per heavy atom. The van der Waals surface area contributed by atoms with Gasteiger partial charge in [0.15, 0.2) is 0 Å². The molecule has 0 saturated carbocycles. The summed E-state index contributed by atoms with van der Waals surface area (Å²) in [5.41, 5.74) is 0.732. The Kier molecular flexibility index (Phi) is 3.57. The number of phenolic OH excluding ortho intramolecular Hbond substituents is 1. The number of benzene rings is 1. The Bertz CT molecular complexity index is 388. The van der Waals surface area contributed by atoms with Crippen molar-refractivity contribution in [2.24, 2.45) is 0 Å². The SMILES string of the molecule is CC(=O)NCC#Cc1cccc(O)c1. The minimum absolute atomic E-state index is 0.102. The van der Waals surface area contributed by atoms with Crippen molar-refractivity contribution in [2.45, 2.75) is 6.92 Å². The summed E-state index contributed by atoms with van der Waals surface area (Å²) in [5, 5.41) is 11.7. The number of nitrogens with one attached hydrogen (secondary N) is 1. The normalized spacial score (nSPS) is 8.64. The van der Waals surface area contributed by atoms with Crippen LogP contribution in [0.15, 0.2) is 24.3 Å². The van der Waals surface area contributed by atoms with Gasteiger partial charge >= 0.3 is 0 Å². The molecular formula is C11H11NO2. The molecule has 14 heavy (non-hydrogen) atoms. The third kappa shape index (κ3) is 3.63. The number of amides is 1. The van der Waals surface area contributed by atoms with Gasteiger partial charge in [-0.1, -0.05) is 17.9 Å². The predicted octanol–water partition coefficient (Wildman–Crippen LogP) is 0.880. The summed E-state index contributed by atoms with van der Waals surface area (Å²) < 4.78 is 0. The average Bonchev–Trinajstić information content (AvgIpc) is 2.12. The van der Waals surface area contributed by atoms with Crippen molar-refractivity contribution >= 4 is 5.91 Å². The minimum Gasteiger partial charge on any atom is -0.508 e. The van der Waals surface area contributed by atoms with Gasteiger partial charge in [-0.05, 0) is 18.2 Å². The maximum atomic E-state index is 10.5. The van der Waals surface area contributed by atoms with Gasteiger partial charge in [-0.25, -0.2) is 0 Å². The second-order valence-electron chi connectivity index (χ2n) is 2.76. The van der Waals surface area contributed by atoms with Crippen LogP contribution in [0.1, 0.15) is 12.5 Å². The standard InChI is InChI=1S/C11H11NO2/c1-9(13)12-7-3-5-10-4-2-6-11(14)8-10/h2,4,6,8,14H,7H2,1H3,(H,12,13). The van der Waals surface area contributed by atoms with Crippen LogP contribution in [0.5, 0.6) is 5.75 Å². The molecule has 0 aromatic heterocycles. The van der Waals surface area contributed by atoms with Crippen molar-refractivity contribution < 1.29 is 9.90 Å². The first kappa shape index (κ1) is 10.1. The molecule has 1 amide bonds. The van der Waals surface area contributed by atoms with Crippen molar-refractivity contribution in [2.75, 3.05) is 6.54 Å². The third-order valence-corrected chi connectivity index (χ3v) is 1.50. The Hall–Kier alpha value is -1.95. The second kappa shape index (κ2) is 4.93. The molecule has 0 heterocycles. The van der Waals surface area contributed by atoms with E-state index in [1.165, 1.54) is 6.92 Å². The van der Waals surface area contributed by atoms with E-state index in [0.29, 0.717) is 6.54 Å². The number of carbonyl (C=O) groups is 1. The summed E-state index contributed by atoms with van der Waals surface area (Å²) in [6.07, 6.45) is 0. The average molecular weight is 189 g/mol. The van der Waals surface area contributed by atoms with Crippen LogP contribution in [0.2, 0.25) is 0 Å². The predicted molar refractivity (Wildman–Crippen MR) is 53.7 cm³/mol. The number of hydrogen-bond acceptors (Lipinski definition) is 2. The van der Waals surface area contributed by atoms with Gasteiger partial charge in [0.25, 0.3) is 0 Å². The lowest BCUT2D eigenvalue weighted by Gasteiger charge is -1.93. The van der Waals surface area contributed by atoms with Crippen LogP contribution in [0.4, 0.5) is 0 Å². The Morgan fingerprint density at radius 1 is 1.57 bits per heavy atom. The zero-order chi connectivity index (χ0) is 10.4. The zero-order valence-electron chi connectivity index (χ0n) is 7.87. The van der Waals surface area contributed by atoms with Crippen molar-refractivity contribution in [3.8, 4) is 17.6 Å². The summed E-state index contributed by atoms with van der Waals surface area (Å²) in [5.74, 6) is 5.67. The molecule has 0 fully saturated rings. The van der Waals surface area contributed by atoms with Crippen LogP contribution >= 0.6 is 0 Å². The van der Waals surface area contributed by atoms with Gasteiger partial charge in [0.2, 0.25) is 5.91 Å². The van der Waals surface area contributed by atoms with E-state index in [-0.39, 0.29) is 11.7 Å². The molecule has 0 spiro atoms. The maximum absolute atomic E-state index is 10.5. The van der Waals surface area contributed by atoms with E-state index < -0.39 is 0 Å². The molecule has 2 N–H and O–H groups in total. The van der Waals surface area contributed by atoms with Crippen LogP contribution in [-0.4, -0.2) is 17.6 Å². The van der Waals surface area contributed by atoms with E-state index in [0.717, 1.165) is 5.56 Å². The molecule has 72 valence electrons. The first-order valence-electron chi connectivity index (χ1n) is 4.21. The molecule has 0 aliphatic rings. The molecule has 3 nitrogen and oxygen atoms in total. The lowest BCUT2D eigenvalue weighted by atomic mass is 10.2. The first-order valence-corrected chi connectivity index (χ1v) is 4.21. The molecule has 0 atom stereocenters. The highest BCUT2D eigenvalue weighted by atomic mass is 16.3. The molecule has 3 heteroatoms. The summed E-state index contributed by atoms with van der Waals surface area (Å²) in [7, 11) is 0. The highest BCUT2D eigenvalue weighted by molar-refractivity contribution is 5.73. The van der Waals surface area contributed by atoms with Gasteiger partial charge < -0.3 is 10.4 Å². The van der Waals surface area contributed by atoms with Gasteiger partial charge in [-0.3, -0.25) is 4.79 Å². The van der Waals surface area contributed by atoms with Crippen molar-refractivity contribution in [1.82, 2.24) is 5.32 Å². The minimum atomic E-state index is -0.102. The maximum Gasteiger partial charge on any atom is 0.217 e. The van der Waals surface area contributed by atoms with E-state index in [4.69, 9.17) is 5.11 Å². The van der Waals surface area contributed by atoms with E-state index in [1.807, 2.05) is 0 Å². The van der Waals surface area contributed by atoms with E-state index >= 15 is 0 Å². The van der Waals surface area contributed by atoms with Crippen LogP contribution < -0.4 is 5.32 Å². The Balaban J connectivity index is 2.55. The summed E-state index contributed by atoms with van der Waals surface area (Å²) in [4.78, 5) is 10.5. The molecule has 0 aliphatic heterocycles. The molecule has 1 aromatic carbocycles. The highest BCUT2D eigenvalue weighted by Crippen LogP contribution is 2.08. The van der Waals surface area contributed by atoms with Crippen molar-refractivity contribution in [3.63, 3.8) is 0 Å². The van der Waals surface area contributed by atoms with Gasteiger partial charge in [-0.15, -0.1) is 0 Å². The Morgan fingerprint density at radius 2 is 2.36 bits per heavy atom. The lowest BCUT2D eigenvalue weighted by molar-refractivity contribution is -0.118. The van der Waals surface area contributed by atoms with Crippen LogP contribution in [0.25, 0.3) is 0 Å². The largest absolute Gasteiger partial charge is 0.508 e. The summed E-state index contributed by atoms with van der Waals surface area (Å²) in [6, 6.07) is 6.66. The highest BCUT2D eigenvalue weighted by Gasteiger charge is 1.88. The van der Waals surface area contributed by atoms with Crippen molar-refractivity contribution in [1.29, 1.82) is 0 Å². The molecule has 0 radical (unpaired) electrons. The topological polar surface area (TPSA) is 49.3 Å². The smallest absolute Gasteiger partial charge is 0.217 e. The van der Waals surface area contributed by atoms with E-state index in [9.17, 15) is 4.79 Å². The molecule has 1 aromatic rings. The van der Waals surface area contributed by atoms with Crippen LogP contribution in [-0.2, 0) is 4.79 Å². The number of hydrogen-bond donors (Lipinski definition) is 2. The van der Waals surface area contributed by atoms with Gasteiger partial charge in [0, 0.05) is 12.5 Å². The molecule has 0 bridgehead atoms. The number of rotatable bonds is 1. The molecule has 0 saturated heterocycles. The number of carbonyl (C=O) groups excluding carboxylic acids is 1. The monoisotopic (exact) mass is 189 g/mol. The lowest BCUT2D eigenvalue weighted by Crippen LogP contribution is -2.19. The third-order valence-electron chi connectivity index (χ3n) is 1.50. The number of phenols is 1. The van der Waals surface area contributed by atoms with Crippen LogP contribution in [0, 0.1) is 11.8 Å². The van der Waals surface area contributed by atoms with Gasteiger partial charge in [-0.2, -0.15) is 0 Å². The Labute approximate surface area is 82.8 Å². The quantitative estimate of drug-likeness (QED) is 0.644. The van der Waals surface area contributed by atoms with Gasteiger partial charge in [0.05, 0.1) is 6.54 Å². The first-order chi connectivity index (χ1) is 6.68. The number of aromatic hydroxyl groups is 1. The molecular weight excluding hydrogens is 178 g/mol. The molecule has 0 unspecified atom stereocenters. The molecule has 0 aliphatic carbocycles. The van der Waals surface area contributed by atoms with Crippen LogP contribution in [0.3, 0.4) is 0 Å². The molecule has 1 rings (SSSR count). The van der Waals surface area contributed by atoms with E-state index in [2.05, 4.69) is 17.2 Å². The van der Waals surface area contributed by atoms with Crippen molar-refractivity contribution in [3.05, 3.63) is 29.8 Å². The van der Waals surface area contributed by atoms with Gasteiger partial charge in [0.1, 0.15) is 5.75 Å².